The Balaban J connectivity index is 0.00000176. The molecule has 122 valence electrons. The van der Waals surface area contributed by atoms with E-state index in [-0.39, 0.29) is 36.2 Å². The highest BCUT2D eigenvalue weighted by molar-refractivity contribution is 5.85. The third-order valence-corrected chi connectivity index (χ3v) is 4.01. The van der Waals surface area contributed by atoms with Crippen molar-refractivity contribution < 1.29 is 18.7 Å². The highest BCUT2D eigenvalue weighted by Crippen LogP contribution is 2.34. The number of ether oxygens (including phenoxy) is 2. The third-order valence-electron chi connectivity index (χ3n) is 4.01. The monoisotopic (exact) mass is 330 g/mol. The van der Waals surface area contributed by atoms with Crippen LogP contribution in [0.5, 0.6) is 5.75 Å². The van der Waals surface area contributed by atoms with Gasteiger partial charge in [-0.2, -0.15) is 0 Å². The molecule has 7 heteroatoms. The van der Waals surface area contributed by atoms with Crippen LogP contribution in [-0.2, 0) is 9.53 Å². The molecule has 0 unspecified atom stereocenters. The van der Waals surface area contributed by atoms with Gasteiger partial charge >= 0.3 is 0 Å². The molecule has 0 bridgehead atoms. The van der Waals surface area contributed by atoms with Crippen molar-refractivity contribution in [1.82, 2.24) is 5.32 Å². The summed E-state index contributed by atoms with van der Waals surface area (Å²) in [6, 6.07) is 4.52. The topological polar surface area (TPSA) is 73.6 Å². The molecular formula is C15H20ClFN2O3. The summed E-state index contributed by atoms with van der Waals surface area (Å²) in [7, 11) is 0. The van der Waals surface area contributed by atoms with Gasteiger partial charge in [-0.3, -0.25) is 4.79 Å². The summed E-state index contributed by atoms with van der Waals surface area (Å²) in [5.41, 5.74) is 6.23. The second-order valence-corrected chi connectivity index (χ2v) is 5.42. The average molecular weight is 331 g/mol. The molecule has 22 heavy (non-hydrogen) atoms. The molecule has 5 nitrogen and oxygen atoms in total. The van der Waals surface area contributed by atoms with Crippen LogP contribution in [0.15, 0.2) is 18.2 Å². The van der Waals surface area contributed by atoms with Crippen molar-refractivity contribution in [1.29, 1.82) is 0 Å². The smallest absolute Gasteiger partial charge is 0.249 e. The largest absolute Gasteiger partial charge is 0.490 e. The first-order chi connectivity index (χ1) is 10.2. The Labute approximate surface area is 134 Å². The van der Waals surface area contributed by atoms with Crippen molar-refractivity contribution >= 4 is 18.3 Å². The van der Waals surface area contributed by atoms with E-state index in [4.69, 9.17) is 15.2 Å². The normalized spacial score (nSPS) is 26.5. The summed E-state index contributed by atoms with van der Waals surface area (Å²) in [4.78, 5) is 12.3. The summed E-state index contributed by atoms with van der Waals surface area (Å²) in [5, 5.41) is 2.94. The van der Waals surface area contributed by atoms with Crippen LogP contribution in [0.2, 0.25) is 0 Å². The number of halogens is 2. The molecule has 3 N–H and O–H groups in total. The quantitative estimate of drug-likeness (QED) is 0.884. The van der Waals surface area contributed by atoms with Gasteiger partial charge in [0.15, 0.2) is 11.6 Å². The number of benzene rings is 1. The summed E-state index contributed by atoms with van der Waals surface area (Å²) >= 11 is 0. The van der Waals surface area contributed by atoms with E-state index in [0.29, 0.717) is 31.6 Å². The maximum atomic E-state index is 13.7. The van der Waals surface area contributed by atoms with Gasteiger partial charge < -0.3 is 20.5 Å². The first-order valence-electron chi connectivity index (χ1n) is 7.26. The van der Waals surface area contributed by atoms with Crippen LogP contribution < -0.4 is 15.8 Å². The Morgan fingerprint density at radius 2 is 2.18 bits per heavy atom. The van der Waals surface area contributed by atoms with Crippen LogP contribution in [-0.4, -0.2) is 31.3 Å². The van der Waals surface area contributed by atoms with Gasteiger partial charge in [-0.1, -0.05) is 12.1 Å². The Morgan fingerprint density at radius 1 is 1.36 bits per heavy atom. The lowest BCUT2D eigenvalue weighted by Gasteiger charge is -2.27. The molecule has 1 amide bonds. The number of hydrogen-bond acceptors (Lipinski definition) is 4. The van der Waals surface area contributed by atoms with Crippen molar-refractivity contribution in [2.45, 2.75) is 37.5 Å². The highest BCUT2D eigenvalue weighted by Gasteiger charge is 2.32. The molecule has 0 aromatic heterocycles. The number of carbonyl (C=O) groups is 1. The van der Waals surface area contributed by atoms with Gasteiger partial charge in [-0.05, 0) is 18.9 Å². The lowest BCUT2D eigenvalue weighted by molar-refractivity contribution is -0.132. The van der Waals surface area contributed by atoms with Gasteiger partial charge in [-0.15, -0.1) is 12.4 Å². The predicted molar refractivity (Wildman–Crippen MR) is 81.6 cm³/mol. The SMILES string of the molecule is Cl.NC[C@H]1CC[C@@H](C(=O)N[C@@H]2CCOc3c(F)cccc32)O1. The average Bonchev–Trinajstić information content (AvgIpc) is 2.97. The maximum absolute atomic E-state index is 13.7. The van der Waals surface area contributed by atoms with Gasteiger partial charge in [-0.25, -0.2) is 4.39 Å². The zero-order valence-electron chi connectivity index (χ0n) is 12.1. The van der Waals surface area contributed by atoms with E-state index in [1.54, 1.807) is 12.1 Å². The van der Waals surface area contributed by atoms with Gasteiger partial charge in [0.2, 0.25) is 5.91 Å². The second kappa shape index (κ2) is 7.26. The molecule has 0 saturated carbocycles. The molecule has 2 heterocycles. The lowest BCUT2D eigenvalue weighted by Crippen LogP contribution is -2.39. The van der Waals surface area contributed by atoms with E-state index in [1.807, 2.05) is 0 Å². The van der Waals surface area contributed by atoms with Crippen molar-refractivity contribution in [3.8, 4) is 5.75 Å². The fourth-order valence-electron chi connectivity index (χ4n) is 2.87. The van der Waals surface area contributed by atoms with Gasteiger partial charge in [0.25, 0.3) is 0 Å². The van der Waals surface area contributed by atoms with Gasteiger partial charge in [0.1, 0.15) is 6.10 Å². The van der Waals surface area contributed by atoms with Crippen molar-refractivity contribution in [3.63, 3.8) is 0 Å². The molecule has 1 saturated heterocycles. The number of para-hydroxylation sites is 1. The summed E-state index contributed by atoms with van der Waals surface area (Å²) in [6.07, 6.45) is 1.59. The minimum atomic E-state index is -0.460. The number of nitrogens with one attached hydrogen (secondary N) is 1. The van der Waals surface area contributed by atoms with E-state index in [2.05, 4.69) is 5.32 Å². The number of nitrogens with two attached hydrogens (primary N) is 1. The first-order valence-corrected chi connectivity index (χ1v) is 7.26. The number of hydrogen-bond donors (Lipinski definition) is 2. The van der Waals surface area contributed by atoms with Crippen LogP contribution >= 0.6 is 12.4 Å². The fraction of sp³-hybridized carbons (Fsp3) is 0.533. The summed E-state index contributed by atoms with van der Waals surface area (Å²) in [5.74, 6) is -0.318. The fourth-order valence-corrected chi connectivity index (χ4v) is 2.87. The lowest BCUT2D eigenvalue weighted by atomic mass is 10.00. The first kappa shape index (κ1) is 17.0. The van der Waals surface area contributed by atoms with Crippen LogP contribution in [0.1, 0.15) is 30.9 Å². The maximum Gasteiger partial charge on any atom is 0.249 e. The molecule has 2 aliphatic heterocycles. The number of fused-ring (bicyclic) bond motifs is 1. The van der Waals surface area contributed by atoms with Crippen molar-refractivity contribution in [2.24, 2.45) is 5.73 Å². The van der Waals surface area contributed by atoms with Gasteiger partial charge in [0, 0.05) is 18.5 Å². The molecule has 1 aromatic rings. The van der Waals surface area contributed by atoms with Crippen LogP contribution in [0, 0.1) is 5.82 Å². The highest BCUT2D eigenvalue weighted by atomic mass is 35.5. The summed E-state index contributed by atoms with van der Waals surface area (Å²) in [6.45, 7) is 0.810. The molecule has 1 aromatic carbocycles. The molecule has 0 aliphatic carbocycles. The minimum Gasteiger partial charge on any atom is -0.490 e. The zero-order chi connectivity index (χ0) is 14.8. The Hall–Kier alpha value is -1.37. The number of carbonyl (C=O) groups excluding carboxylic acids is 1. The second-order valence-electron chi connectivity index (χ2n) is 5.42. The molecular weight excluding hydrogens is 311 g/mol. The van der Waals surface area contributed by atoms with Crippen LogP contribution in [0.25, 0.3) is 0 Å². The van der Waals surface area contributed by atoms with E-state index in [0.717, 1.165) is 6.42 Å². The molecule has 3 rings (SSSR count). The van der Waals surface area contributed by atoms with Crippen molar-refractivity contribution in [3.05, 3.63) is 29.6 Å². The molecule has 0 radical (unpaired) electrons. The van der Waals surface area contributed by atoms with E-state index >= 15 is 0 Å². The molecule has 2 aliphatic rings. The van der Waals surface area contributed by atoms with E-state index in [9.17, 15) is 9.18 Å². The van der Waals surface area contributed by atoms with Gasteiger partial charge in [0.05, 0.1) is 18.8 Å². The Kier molecular flexibility index (Phi) is 5.61. The molecule has 3 atom stereocenters. The third kappa shape index (κ3) is 3.34. The van der Waals surface area contributed by atoms with Crippen LogP contribution in [0.3, 0.4) is 0 Å². The molecule has 0 spiro atoms. The predicted octanol–water partition coefficient (Wildman–Crippen LogP) is 1.69. The standard InChI is InChI=1S/C15H19FN2O3.ClH/c16-11-3-1-2-10-12(6-7-20-14(10)11)18-15(19)13-5-4-9(8-17)21-13;/h1-3,9,12-13H,4-8,17H2,(H,18,19);1H/t9-,12-,13+;/m1./s1. The van der Waals surface area contributed by atoms with E-state index < -0.39 is 11.9 Å². The Bertz CT molecular complexity index is 544. The number of amides is 1. The van der Waals surface area contributed by atoms with Crippen molar-refractivity contribution in [2.75, 3.05) is 13.2 Å². The number of rotatable bonds is 3. The zero-order valence-corrected chi connectivity index (χ0v) is 12.9. The summed E-state index contributed by atoms with van der Waals surface area (Å²) < 4.78 is 24.6. The van der Waals surface area contributed by atoms with E-state index in [1.165, 1.54) is 6.07 Å². The minimum absolute atomic E-state index is 0. The Morgan fingerprint density at radius 3 is 2.91 bits per heavy atom. The molecule has 1 fully saturated rings. The van der Waals surface area contributed by atoms with Crippen LogP contribution in [0.4, 0.5) is 4.39 Å².